The topological polar surface area (TPSA) is 91.3 Å². The molecular formula is C14H21N3O3. The number of rotatable bonds is 3. The first-order chi connectivity index (χ1) is 9.55. The van der Waals surface area contributed by atoms with Crippen LogP contribution in [0.2, 0.25) is 0 Å². The lowest BCUT2D eigenvalue weighted by Crippen LogP contribution is -2.48. The van der Waals surface area contributed by atoms with E-state index >= 15 is 0 Å². The van der Waals surface area contributed by atoms with Crippen molar-refractivity contribution in [1.29, 1.82) is 0 Å². The van der Waals surface area contributed by atoms with Crippen molar-refractivity contribution in [2.75, 3.05) is 24.6 Å². The van der Waals surface area contributed by atoms with Gasteiger partial charge in [0, 0.05) is 24.3 Å². The molecule has 2 atom stereocenters. The maximum absolute atomic E-state index is 9.27. The molecule has 0 aliphatic carbocycles. The van der Waals surface area contributed by atoms with Gasteiger partial charge in [-0.3, -0.25) is 0 Å². The minimum absolute atomic E-state index is 0.0159. The van der Waals surface area contributed by atoms with Gasteiger partial charge in [0.15, 0.2) is 5.84 Å². The summed E-state index contributed by atoms with van der Waals surface area (Å²) < 4.78 is 5.63. The van der Waals surface area contributed by atoms with Crippen LogP contribution in [0.5, 0.6) is 0 Å². The zero-order valence-electron chi connectivity index (χ0n) is 11.8. The Morgan fingerprint density at radius 2 is 2.25 bits per heavy atom. The van der Waals surface area contributed by atoms with E-state index < -0.39 is 0 Å². The number of nitrogens with zero attached hydrogens (tertiary/aromatic N) is 2. The van der Waals surface area contributed by atoms with E-state index in [0.29, 0.717) is 6.54 Å². The summed E-state index contributed by atoms with van der Waals surface area (Å²) in [4.78, 5) is 2.18. The molecule has 1 aromatic rings. The highest BCUT2D eigenvalue weighted by molar-refractivity contribution is 5.98. The van der Waals surface area contributed by atoms with Crippen LogP contribution in [0.25, 0.3) is 0 Å². The fourth-order valence-corrected chi connectivity index (χ4v) is 2.54. The van der Waals surface area contributed by atoms with Crippen molar-refractivity contribution in [2.24, 2.45) is 10.9 Å². The number of ether oxygens (including phenoxy) is 1. The summed E-state index contributed by atoms with van der Waals surface area (Å²) in [5, 5.41) is 21.0. The quantitative estimate of drug-likeness (QED) is 0.327. The summed E-state index contributed by atoms with van der Waals surface area (Å²) in [6.45, 7) is 5.36. The molecule has 0 spiro atoms. The highest BCUT2D eigenvalue weighted by Gasteiger charge is 2.25. The van der Waals surface area contributed by atoms with Gasteiger partial charge in [0.2, 0.25) is 0 Å². The van der Waals surface area contributed by atoms with Crippen LogP contribution in [0.3, 0.4) is 0 Å². The van der Waals surface area contributed by atoms with Crippen LogP contribution in [-0.2, 0) is 4.74 Å². The van der Waals surface area contributed by atoms with Crippen LogP contribution in [0.4, 0.5) is 5.69 Å². The molecule has 1 saturated heterocycles. The monoisotopic (exact) mass is 279 g/mol. The Balaban J connectivity index is 2.23. The number of nitrogens with two attached hydrogens (primary N) is 1. The average Bonchev–Trinajstić information content (AvgIpc) is 2.45. The Hall–Kier alpha value is -1.79. The van der Waals surface area contributed by atoms with E-state index in [1.807, 2.05) is 32.0 Å². The number of aryl methyl sites for hydroxylation is 1. The maximum Gasteiger partial charge on any atom is 0.170 e. The Kier molecular flexibility index (Phi) is 4.46. The number of aliphatic hydroxyl groups is 1. The fourth-order valence-electron chi connectivity index (χ4n) is 2.54. The van der Waals surface area contributed by atoms with Crippen molar-refractivity contribution in [1.82, 2.24) is 0 Å². The zero-order valence-corrected chi connectivity index (χ0v) is 11.8. The molecule has 2 unspecified atom stereocenters. The second kappa shape index (κ2) is 6.11. The normalized spacial score (nSPS) is 23.9. The second-order valence-corrected chi connectivity index (χ2v) is 5.14. The van der Waals surface area contributed by atoms with E-state index in [9.17, 15) is 5.11 Å². The van der Waals surface area contributed by atoms with Crippen molar-refractivity contribution in [3.05, 3.63) is 29.3 Å². The van der Waals surface area contributed by atoms with Gasteiger partial charge in [-0.25, -0.2) is 0 Å². The third kappa shape index (κ3) is 3.02. The smallest absolute Gasteiger partial charge is 0.170 e. The molecule has 0 amide bonds. The van der Waals surface area contributed by atoms with Gasteiger partial charge in [-0.15, -0.1) is 0 Å². The van der Waals surface area contributed by atoms with Gasteiger partial charge in [0.05, 0.1) is 18.8 Å². The van der Waals surface area contributed by atoms with Gasteiger partial charge in [0.25, 0.3) is 0 Å². The lowest BCUT2D eigenvalue weighted by Gasteiger charge is -2.37. The second-order valence-electron chi connectivity index (χ2n) is 5.14. The molecule has 1 aromatic carbocycles. The van der Waals surface area contributed by atoms with Crippen molar-refractivity contribution >= 4 is 11.5 Å². The van der Waals surface area contributed by atoms with Crippen molar-refractivity contribution < 1.29 is 15.1 Å². The van der Waals surface area contributed by atoms with Crippen molar-refractivity contribution in [3.8, 4) is 0 Å². The lowest BCUT2D eigenvalue weighted by atomic mass is 10.1. The van der Waals surface area contributed by atoms with Crippen LogP contribution >= 0.6 is 0 Å². The molecule has 0 bridgehead atoms. The van der Waals surface area contributed by atoms with Gasteiger partial charge < -0.3 is 25.7 Å². The van der Waals surface area contributed by atoms with E-state index in [-0.39, 0.29) is 24.7 Å². The van der Waals surface area contributed by atoms with E-state index in [2.05, 4.69) is 10.1 Å². The van der Waals surface area contributed by atoms with Gasteiger partial charge in [0.1, 0.15) is 0 Å². The number of anilines is 1. The Bertz CT molecular complexity index is 504. The molecule has 6 heteroatoms. The molecule has 0 saturated carbocycles. The van der Waals surface area contributed by atoms with Gasteiger partial charge >= 0.3 is 0 Å². The van der Waals surface area contributed by atoms with E-state index in [1.54, 1.807) is 0 Å². The molecule has 1 aliphatic rings. The third-order valence-electron chi connectivity index (χ3n) is 3.49. The Morgan fingerprint density at radius 1 is 1.50 bits per heavy atom. The molecule has 2 rings (SSSR count). The summed E-state index contributed by atoms with van der Waals surface area (Å²) in [7, 11) is 0. The molecule has 1 aliphatic heterocycles. The van der Waals surface area contributed by atoms with Crippen LogP contribution < -0.4 is 10.6 Å². The number of hydrogen-bond acceptors (Lipinski definition) is 5. The Labute approximate surface area is 118 Å². The highest BCUT2D eigenvalue weighted by atomic mass is 16.5. The van der Waals surface area contributed by atoms with Gasteiger partial charge in [-0.2, -0.15) is 0 Å². The van der Waals surface area contributed by atoms with E-state index in [1.165, 1.54) is 0 Å². The number of amidine groups is 1. The molecule has 20 heavy (non-hydrogen) atoms. The number of hydrogen-bond donors (Lipinski definition) is 3. The lowest BCUT2D eigenvalue weighted by molar-refractivity contribution is -0.0421. The SMILES string of the molecule is Cc1cc(N2CC(C)OC(CO)C2)ccc1/C(N)=N/O. The molecule has 6 nitrogen and oxygen atoms in total. The first kappa shape index (κ1) is 14.6. The standard InChI is InChI=1S/C14H21N3O3/c1-9-5-11(3-4-13(9)14(15)16-19)17-6-10(2)20-12(7-17)8-18/h3-5,10,12,18-19H,6-8H2,1-2H3,(H2,15,16). The summed E-state index contributed by atoms with van der Waals surface area (Å²) in [5.74, 6) is 0.109. The number of oxime groups is 1. The van der Waals surface area contributed by atoms with Crippen LogP contribution in [0, 0.1) is 6.92 Å². The molecule has 110 valence electrons. The predicted octanol–water partition coefficient (Wildman–Crippen LogP) is 0.676. The minimum Gasteiger partial charge on any atom is -0.409 e. The predicted molar refractivity (Wildman–Crippen MR) is 77.3 cm³/mol. The van der Waals surface area contributed by atoms with Crippen LogP contribution in [0.1, 0.15) is 18.1 Å². The maximum atomic E-state index is 9.27. The fraction of sp³-hybridized carbons (Fsp3) is 0.500. The minimum atomic E-state index is -0.164. The summed E-state index contributed by atoms with van der Waals surface area (Å²) >= 11 is 0. The number of morpholine rings is 1. The van der Waals surface area contributed by atoms with Crippen LogP contribution in [0.15, 0.2) is 23.4 Å². The molecule has 0 aromatic heterocycles. The summed E-state index contributed by atoms with van der Waals surface area (Å²) in [6.07, 6.45) is -0.0900. The highest BCUT2D eigenvalue weighted by Crippen LogP contribution is 2.23. The summed E-state index contributed by atoms with van der Waals surface area (Å²) in [6, 6.07) is 5.78. The number of benzene rings is 1. The average molecular weight is 279 g/mol. The summed E-state index contributed by atoms with van der Waals surface area (Å²) in [5.41, 5.74) is 8.33. The van der Waals surface area contributed by atoms with Gasteiger partial charge in [-0.05, 0) is 37.6 Å². The number of aliphatic hydroxyl groups excluding tert-OH is 1. The molecule has 0 radical (unpaired) electrons. The Morgan fingerprint density at radius 3 is 2.85 bits per heavy atom. The van der Waals surface area contributed by atoms with Crippen LogP contribution in [-0.4, -0.2) is 48.1 Å². The van der Waals surface area contributed by atoms with Crippen molar-refractivity contribution in [2.45, 2.75) is 26.1 Å². The van der Waals surface area contributed by atoms with E-state index in [4.69, 9.17) is 15.7 Å². The van der Waals surface area contributed by atoms with Crippen molar-refractivity contribution in [3.63, 3.8) is 0 Å². The molecular weight excluding hydrogens is 258 g/mol. The first-order valence-electron chi connectivity index (χ1n) is 6.65. The molecule has 4 N–H and O–H groups in total. The van der Waals surface area contributed by atoms with Gasteiger partial charge in [-0.1, -0.05) is 5.16 Å². The first-order valence-corrected chi connectivity index (χ1v) is 6.65. The van der Waals surface area contributed by atoms with E-state index in [0.717, 1.165) is 23.4 Å². The largest absolute Gasteiger partial charge is 0.409 e. The molecule has 1 heterocycles. The zero-order chi connectivity index (χ0) is 14.7. The third-order valence-corrected chi connectivity index (χ3v) is 3.49. The molecule has 1 fully saturated rings.